The van der Waals surface area contributed by atoms with E-state index in [4.69, 9.17) is 9.97 Å². The monoisotopic (exact) mass is 540 g/mol. The van der Waals surface area contributed by atoms with Crippen molar-refractivity contribution in [3.05, 3.63) is 146 Å². The highest BCUT2D eigenvalue weighted by molar-refractivity contribution is 5.85. The molecule has 8 rings (SSSR count). The molecule has 0 radical (unpaired) electrons. The number of para-hydroxylation sites is 6. The van der Waals surface area contributed by atoms with Gasteiger partial charge >= 0.3 is 0 Å². The van der Waals surface area contributed by atoms with E-state index in [1.165, 1.54) is 0 Å². The minimum atomic E-state index is 0.840. The zero-order chi connectivity index (χ0) is 27.9. The lowest BCUT2D eigenvalue weighted by atomic mass is 10.1. The van der Waals surface area contributed by atoms with Crippen molar-refractivity contribution < 1.29 is 0 Å². The van der Waals surface area contributed by atoms with Gasteiger partial charge in [0.25, 0.3) is 0 Å². The van der Waals surface area contributed by atoms with Crippen LogP contribution in [0.3, 0.4) is 0 Å². The number of hydrogen-bond donors (Lipinski definition) is 0. The molecule has 0 amide bonds. The number of fused-ring (bicyclic) bond motifs is 2. The smallest absolute Gasteiger partial charge is 0.147 e. The highest BCUT2D eigenvalue weighted by atomic mass is 15.1. The fourth-order valence-corrected chi connectivity index (χ4v) is 5.56. The van der Waals surface area contributed by atoms with Crippen LogP contribution < -0.4 is 0 Å². The van der Waals surface area contributed by atoms with Gasteiger partial charge in [-0.15, -0.1) is 0 Å². The van der Waals surface area contributed by atoms with E-state index in [2.05, 4.69) is 67.6 Å². The van der Waals surface area contributed by atoms with Gasteiger partial charge in [-0.25, -0.2) is 9.97 Å². The van der Waals surface area contributed by atoms with Gasteiger partial charge in [-0.05, 0) is 60.7 Å². The van der Waals surface area contributed by atoms with Gasteiger partial charge in [-0.2, -0.15) is 0 Å². The van der Waals surface area contributed by atoms with E-state index < -0.39 is 0 Å². The van der Waals surface area contributed by atoms with E-state index >= 15 is 0 Å². The Bertz CT molecular complexity index is 2040. The summed E-state index contributed by atoms with van der Waals surface area (Å²) in [4.78, 5) is 19.3. The van der Waals surface area contributed by atoms with Crippen LogP contribution in [0.5, 0.6) is 0 Å². The first-order valence-corrected chi connectivity index (χ1v) is 13.8. The molecule has 6 heteroatoms. The second-order valence-electron chi connectivity index (χ2n) is 10.1. The predicted octanol–water partition coefficient (Wildman–Crippen LogP) is 8.16. The molecule has 0 aliphatic carbocycles. The Morgan fingerprint density at radius 1 is 0.381 bits per heavy atom. The summed E-state index contributed by atoms with van der Waals surface area (Å²) in [6.07, 6.45) is 7.49. The molecule has 0 aliphatic rings. The number of nitrogens with zero attached hydrogens (tertiary/aromatic N) is 6. The molecule has 0 aliphatic heterocycles. The summed E-state index contributed by atoms with van der Waals surface area (Å²) >= 11 is 0. The number of imidazole rings is 2. The van der Waals surface area contributed by atoms with Crippen LogP contribution in [0.2, 0.25) is 0 Å². The first kappa shape index (κ1) is 24.0. The molecule has 0 saturated heterocycles. The Morgan fingerprint density at radius 3 is 1.21 bits per heavy atom. The molecule has 0 fully saturated rings. The maximum atomic E-state index is 5.02. The SMILES string of the molecule is c1ccc(-n2c(-c3cncc(-c4cncc(-c5nc6ccccc6n5-c5ccccc5)c4)c3)nc3ccccc32)cc1. The summed E-state index contributed by atoms with van der Waals surface area (Å²) in [6.45, 7) is 0. The van der Waals surface area contributed by atoms with Gasteiger partial charge in [0, 0.05) is 58.4 Å². The van der Waals surface area contributed by atoms with Crippen molar-refractivity contribution in [3.8, 4) is 45.3 Å². The summed E-state index contributed by atoms with van der Waals surface area (Å²) in [6, 6.07) is 41.3. The molecule has 0 N–H and O–H groups in total. The lowest BCUT2D eigenvalue weighted by Gasteiger charge is -2.11. The van der Waals surface area contributed by atoms with Crippen molar-refractivity contribution in [2.24, 2.45) is 0 Å². The second-order valence-corrected chi connectivity index (χ2v) is 10.1. The molecule has 42 heavy (non-hydrogen) atoms. The molecule has 0 bridgehead atoms. The third-order valence-electron chi connectivity index (χ3n) is 7.48. The average Bonchev–Trinajstić information content (AvgIpc) is 3.65. The van der Waals surface area contributed by atoms with Gasteiger partial charge in [0.15, 0.2) is 0 Å². The third-order valence-corrected chi connectivity index (χ3v) is 7.48. The molecule has 0 atom stereocenters. The zero-order valence-corrected chi connectivity index (χ0v) is 22.5. The number of aromatic nitrogens is 6. The van der Waals surface area contributed by atoms with Crippen LogP contribution in [0.25, 0.3) is 67.3 Å². The summed E-state index contributed by atoms with van der Waals surface area (Å²) < 4.78 is 4.38. The molecule has 4 aromatic heterocycles. The van der Waals surface area contributed by atoms with Crippen LogP contribution in [0.15, 0.2) is 146 Å². The maximum absolute atomic E-state index is 5.02. The van der Waals surface area contributed by atoms with E-state index in [0.717, 1.165) is 67.3 Å². The van der Waals surface area contributed by atoms with Gasteiger partial charge in [0.2, 0.25) is 0 Å². The lowest BCUT2D eigenvalue weighted by Crippen LogP contribution is -1.99. The second kappa shape index (κ2) is 9.94. The van der Waals surface area contributed by atoms with E-state index in [-0.39, 0.29) is 0 Å². The van der Waals surface area contributed by atoms with Crippen molar-refractivity contribution in [1.29, 1.82) is 0 Å². The van der Waals surface area contributed by atoms with Crippen LogP contribution in [-0.4, -0.2) is 29.1 Å². The highest BCUT2D eigenvalue weighted by Crippen LogP contribution is 2.33. The fourth-order valence-electron chi connectivity index (χ4n) is 5.56. The Balaban J connectivity index is 1.26. The van der Waals surface area contributed by atoms with Crippen LogP contribution >= 0.6 is 0 Å². The van der Waals surface area contributed by atoms with E-state index in [0.29, 0.717) is 0 Å². The molecule has 8 aromatic rings. The van der Waals surface area contributed by atoms with E-state index in [1.807, 2.05) is 97.6 Å². The van der Waals surface area contributed by atoms with E-state index in [9.17, 15) is 0 Å². The molecular formula is C36H24N6. The topological polar surface area (TPSA) is 61.4 Å². The Kier molecular flexibility index (Phi) is 5.67. The van der Waals surface area contributed by atoms with Crippen molar-refractivity contribution in [2.75, 3.05) is 0 Å². The number of pyridine rings is 2. The number of benzene rings is 4. The first-order valence-electron chi connectivity index (χ1n) is 13.8. The van der Waals surface area contributed by atoms with Crippen LogP contribution in [0.4, 0.5) is 0 Å². The number of hydrogen-bond acceptors (Lipinski definition) is 4. The van der Waals surface area contributed by atoms with Crippen LogP contribution in [-0.2, 0) is 0 Å². The van der Waals surface area contributed by atoms with Crippen molar-refractivity contribution in [2.45, 2.75) is 0 Å². The van der Waals surface area contributed by atoms with Gasteiger partial charge in [-0.1, -0.05) is 60.7 Å². The van der Waals surface area contributed by atoms with Gasteiger partial charge in [0.1, 0.15) is 11.6 Å². The lowest BCUT2D eigenvalue weighted by molar-refractivity contribution is 1.09. The predicted molar refractivity (Wildman–Crippen MR) is 168 cm³/mol. The van der Waals surface area contributed by atoms with Crippen molar-refractivity contribution >= 4 is 22.1 Å². The standard InChI is InChI=1S/C36H24N6/c1-3-11-29(12-4-1)41-33-17-9-7-15-31(33)39-35(41)27-19-25(21-37-23-27)26-20-28(24-38-22-26)36-40-32-16-8-10-18-34(32)42(36)30-13-5-2-6-14-30/h1-24H. The normalized spacial score (nSPS) is 11.3. The van der Waals surface area contributed by atoms with Gasteiger partial charge in [-0.3, -0.25) is 19.1 Å². The minimum Gasteiger partial charge on any atom is -0.292 e. The molecule has 4 aromatic carbocycles. The van der Waals surface area contributed by atoms with E-state index in [1.54, 1.807) is 0 Å². The Morgan fingerprint density at radius 2 is 0.762 bits per heavy atom. The molecule has 6 nitrogen and oxygen atoms in total. The molecular weight excluding hydrogens is 516 g/mol. The molecule has 0 spiro atoms. The minimum absolute atomic E-state index is 0.840. The highest BCUT2D eigenvalue weighted by Gasteiger charge is 2.17. The van der Waals surface area contributed by atoms with Crippen molar-refractivity contribution in [1.82, 2.24) is 29.1 Å². The summed E-state index contributed by atoms with van der Waals surface area (Å²) in [7, 11) is 0. The molecule has 198 valence electrons. The summed E-state index contributed by atoms with van der Waals surface area (Å²) in [5.74, 6) is 1.68. The van der Waals surface area contributed by atoms with Gasteiger partial charge in [0.05, 0.1) is 22.1 Å². The number of rotatable bonds is 5. The maximum Gasteiger partial charge on any atom is 0.147 e. The average molecular weight is 541 g/mol. The summed E-state index contributed by atoms with van der Waals surface area (Å²) in [5, 5.41) is 0. The zero-order valence-electron chi connectivity index (χ0n) is 22.5. The molecule has 0 unspecified atom stereocenters. The quantitative estimate of drug-likeness (QED) is 0.221. The third kappa shape index (κ3) is 4.05. The van der Waals surface area contributed by atoms with Crippen LogP contribution in [0.1, 0.15) is 0 Å². The van der Waals surface area contributed by atoms with Gasteiger partial charge < -0.3 is 0 Å². The Labute approximate surface area is 242 Å². The first-order chi connectivity index (χ1) is 20.8. The molecule has 4 heterocycles. The Hall–Kier alpha value is -5.88. The summed E-state index contributed by atoms with van der Waals surface area (Å²) in [5.41, 5.74) is 9.83. The largest absolute Gasteiger partial charge is 0.292 e. The fraction of sp³-hybridized carbons (Fsp3) is 0. The van der Waals surface area contributed by atoms with Crippen molar-refractivity contribution in [3.63, 3.8) is 0 Å². The van der Waals surface area contributed by atoms with Crippen LogP contribution in [0, 0.1) is 0 Å². The molecule has 0 saturated carbocycles.